The normalized spacial score (nSPS) is 12.4. The van der Waals surface area contributed by atoms with Crippen LogP contribution in [0.2, 0.25) is 5.02 Å². The van der Waals surface area contributed by atoms with Crippen molar-refractivity contribution in [1.29, 1.82) is 0 Å². The summed E-state index contributed by atoms with van der Waals surface area (Å²) in [5.74, 6) is 0. The maximum Gasteiger partial charge on any atom is 0.0449 e. The molecule has 0 aliphatic heterocycles. The second-order valence-electron chi connectivity index (χ2n) is 4.62. The van der Waals surface area contributed by atoms with Gasteiger partial charge in [-0.25, -0.2) is 0 Å². The van der Waals surface area contributed by atoms with Crippen LogP contribution in [0.15, 0.2) is 56.7 Å². The maximum atomic E-state index is 6.36. The summed E-state index contributed by atoms with van der Waals surface area (Å²) < 4.78 is 1.09. The lowest BCUT2D eigenvalue weighted by Crippen LogP contribution is -2.21. The molecule has 2 aromatic rings. The van der Waals surface area contributed by atoms with Crippen LogP contribution in [0.4, 0.5) is 0 Å². The van der Waals surface area contributed by atoms with Gasteiger partial charge in [0.25, 0.3) is 0 Å². The summed E-state index contributed by atoms with van der Waals surface area (Å²) in [7, 11) is 0. The zero-order valence-electron chi connectivity index (χ0n) is 11.3. The van der Waals surface area contributed by atoms with Gasteiger partial charge in [0.2, 0.25) is 0 Å². The highest BCUT2D eigenvalue weighted by Crippen LogP contribution is 2.37. The first-order valence-electron chi connectivity index (χ1n) is 6.57. The molecule has 0 saturated heterocycles. The van der Waals surface area contributed by atoms with Crippen LogP contribution in [-0.4, -0.2) is 6.04 Å². The molecule has 2 N–H and O–H groups in total. The minimum atomic E-state index is 0.147. The number of rotatable bonds is 5. The lowest BCUT2D eigenvalue weighted by molar-refractivity contribution is 0.641. The van der Waals surface area contributed by atoms with E-state index in [1.807, 2.05) is 30.3 Å². The standard InChI is InChI=1S/C16H17BrClNS/c1-2-11(19)10-12-14(18)7-5-9-15(12)20-16-8-4-3-6-13(16)17/h3-9,11H,2,10,19H2,1H3. The summed E-state index contributed by atoms with van der Waals surface area (Å²) >= 11 is 11.7. The zero-order valence-corrected chi connectivity index (χ0v) is 14.4. The lowest BCUT2D eigenvalue weighted by atomic mass is 10.0. The number of nitrogens with two attached hydrogens (primary N) is 1. The van der Waals surface area contributed by atoms with Gasteiger partial charge >= 0.3 is 0 Å². The van der Waals surface area contributed by atoms with Gasteiger partial charge in [0.05, 0.1) is 0 Å². The minimum Gasteiger partial charge on any atom is -0.327 e. The Labute approximate surface area is 138 Å². The predicted molar refractivity (Wildman–Crippen MR) is 91.7 cm³/mol. The first kappa shape index (κ1) is 15.9. The molecule has 1 nitrogen and oxygen atoms in total. The van der Waals surface area contributed by atoms with Crippen LogP contribution in [0.3, 0.4) is 0 Å². The van der Waals surface area contributed by atoms with Gasteiger partial charge < -0.3 is 5.73 Å². The van der Waals surface area contributed by atoms with E-state index in [-0.39, 0.29) is 6.04 Å². The van der Waals surface area contributed by atoms with Crippen molar-refractivity contribution in [3.63, 3.8) is 0 Å². The lowest BCUT2D eigenvalue weighted by Gasteiger charge is -2.15. The van der Waals surface area contributed by atoms with Crippen molar-refractivity contribution in [1.82, 2.24) is 0 Å². The molecule has 0 amide bonds. The van der Waals surface area contributed by atoms with E-state index in [1.54, 1.807) is 11.8 Å². The van der Waals surface area contributed by atoms with Crippen molar-refractivity contribution in [3.05, 3.63) is 57.5 Å². The van der Waals surface area contributed by atoms with E-state index >= 15 is 0 Å². The molecule has 0 bridgehead atoms. The van der Waals surface area contributed by atoms with Crippen molar-refractivity contribution in [3.8, 4) is 0 Å². The Morgan fingerprint density at radius 1 is 1.15 bits per heavy atom. The van der Waals surface area contributed by atoms with Gasteiger partial charge in [0, 0.05) is 25.3 Å². The summed E-state index contributed by atoms with van der Waals surface area (Å²) in [6.45, 7) is 2.10. The average Bonchev–Trinajstić information content (AvgIpc) is 2.44. The van der Waals surface area contributed by atoms with Gasteiger partial charge in [-0.05, 0) is 58.6 Å². The molecule has 0 spiro atoms. The quantitative estimate of drug-likeness (QED) is 0.748. The highest BCUT2D eigenvalue weighted by molar-refractivity contribution is 9.10. The van der Waals surface area contributed by atoms with Crippen molar-refractivity contribution in [2.24, 2.45) is 5.73 Å². The molecule has 0 radical (unpaired) electrons. The number of hydrogen-bond acceptors (Lipinski definition) is 2. The fraction of sp³-hybridized carbons (Fsp3) is 0.250. The molecule has 0 aromatic heterocycles. The molecule has 0 saturated carbocycles. The highest BCUT2D eigenvalue weighted by Gasteiger charge is 2.12. The fourth-order valence-corrected chi connectivity index (χ4v) is 3.73. The largest absolute Gasteiger partial charge is 0.327 e. The van der Waals surface area contributed by atoms with Gasteiger partial charge in [0.1, 0.15) is 0 Å². The molecule has 1 unspecified atom stereocenters. The highest BCUT2D eigenvalue weighted by atomic mass is 79.9. The Morgan fingerprint density at radius 3 is 2.55 bits per heavy atom. The van der Waals surface area contributed by atoms with E-state index in [2.05, 4.69) is 35.0 Å². The Hall–Kier alpha value is -0.480. The van der Waals surface area contributed by atoms with Crippen LogP contribution in [0.1, 0.15) is 18.9 Å². The molecule has 0 fully saturated rings. The third-order valence-corrected chi connectivity index (χ3v) is 5.61. The second kappa shape index (κ2) is 7.51. The minimum absolute atomic E-state index is 0.147. The van der Waals surface area contributed by atoms with E-state index in [0.717, 1.165) is 27.9 Å². The van der Waals surface area contributed by atoms with Crippen LogP contribution >= 0.6 is 39.3 Å². The third kappa shape index (κ3) is 4.01. The van der Waals surface area contributed by atoms with Crippen molar-refractivity contribution < 1.29 is 0 Å². The van der Waals surface area contributed by atoms with Crippen LogP contribution in [0.25, 0.3) is 0 Å². The fourth-order valence-electron chi connectivity index (χ4n) is 1.89. The molecule has 2 aromatic carbocycles. The van der Waals surface area contributed by atoms with E-state index in [0.29, 0.717) is 0 Å². The predicted octanol–water partition coefficient (Wildman–Crippen LogP) is 5.53. The van der Waals surface area contributed by atoms with Gasteiger partial charge in [0.15, 0.2) is 0 Å². The summed E-state index contributed by atoms with van der Waals surface area (Å²) in [6, 6.07) is 14.4. The van der Waals surface area contributed by atoms with E-state index in [1.165, 1.54) is 9.79 Å². The van der Waals surface area contributed by atoms with Crippen LogP contribution in [0, 0.1) is 0 Å². The molecule has 2 rings (SSSR count). The van der Waals surface area contributed by atoms with E-state index in [9.17, 15) is 0 Å². The Balaban J connectivity index is 2.32. The van der Waals surface area contributed by atoms with Crippen LogP contribution < -0.4 is 5.73 Å². The second-order valence-corrected chi connectivity index (χ2v) is 6.97. The zero-order chi connectivity index (χ0) is 14.5. The Bertz CT molecular complexity index is 588. The molecule has 0 aliphatic rings. The summed E-state index contributed by atoms with van der Waals surface area (Å²) in [6.07, 6.45) is 1.76. The molecular formula is C16H17BrClNS. The topological polar surface area (TPSA) is 26.0 Å². The van der Waals surface area contributed by atoms with E-state index in [4.69, 9.17) is 17.3 Å². The van der Waals surface area contributed by atoms with Crippen molar-refractivity contribution in [2.75, 3.05) is 0 Å². The van der Waals surface area contributed by atoms with Crippen molar-refractivity contribution in [2.45, 2.75) is 35.6 Å². The average molecular weight is 371 g/mol. The summed E-state index contributed by atoms with van der Waals surface area (Å²) in [5.41, 5.74) is 7.23. The summed E-state index contributed by atoms with van der Waals surface area (Å²) in [4.78, 5) is 2.36. The van der Waals surface area contributed by atoms with Crippen molar-refractivity contribution >= 4 is 39.3 Å². The smallest absolute Gasteiger partial charge is 0.0449 e. The monoisotopic (exact) mass is 369 g/mol. The van der Waals surface area contributed by atoms with E-state index < -0.39 is 0 Å². The molecular weight excluding hydrogens is 354 g/mol. The third-order valence-electron chi connectivity index (χ3n) is 3.12. The molecule has 0 aliphatic carbocycles. The maximum absolute atomic E-state index is 6.36. The van der Waals surface area contributed by atoms with Gasteiger partial charge in [-0.2, -0.15) is 0 Å². The molecule has 106 valence electrons. The van der Waals surface area contributed by atoms with Gasteiger partial charge in [-0.3, -0.25) is 0 Å². The first-order valence-corrected chi connectivity index (χ1v) is 8.56. The number of benzene rings is 2. The van der Waals surface area contributed by atoms with Crippen LogP contribution in [0.5, 0.6) is 0 Å². The summed E-state index contributed by atoms with van der Waals surface area (Å²) in [5, 5.41) is 0.797. The number of hydrogen-bond donors (Lipinski definition) is 1. The first-order chi connectivity index (χ1) is 9.61. The molecule has 1 atom stereocenters. The van der Waals surface area contributed by atoms with Gasteiger partial charge in [-0.15, -0.1) is 0 Å². The molecule has 20 heavy (non-hydrogen) atoms. The molecule has 0 heterocycles. The SMILES string of the molecule is CCC(N)Cc1c(Cl)cccc1Sc1ccccc1Br. The Morgan fingerprint density at radius 2 is 1.85 bits per heavy atom. The number of halogens is 2. The molecule has 4 heteroatoms. The Kier molecular flexibility index (Phi) is 5.97. The van der Waals surface area contributed by atoms with Crippen LogP contribution in [-0.2, 0) is 6.42 Å². The van der Waals surface area contributed by atoms with Gasteiger partial charge in [-0.1, -0.05) is 48.5 Å².